The van der Waals surface area contributed by atoms with Gasteiger partial charge in [-0.15, -0.1) is 0 Å². The van der Waals surface area contributed by atoms with Crippen molar-refractivity contribution in [3.05, 3.63) is 35.4 Å². The van der Waals surface area contributed by atoms with E-state index in [1.807, 2.05) is 27.7 Å². The van der Waals surface area contributed by atoms with E-state index < -0.39 is 23.5 Å². The van der Waals surface area contributed by atoms with Gasteiger partial charge in [0.1, 0.15) is 5.60 Å². The van der Waals surface area contributed by atoms with Gasteiger partial charge in [-0.3, -0.25) is 14.5 Å². The first-order valence-electron chi connectivity index (χ1n) is 9.24. The van der Waals surface area contributed by atoms with Crippen LogP contribution in [0.5, 0.6) is 0 Å². The van der Waals surface area contributed by atoms with Gasteiger partial charge in [-0.1, -0.05) is 24.3 Å². The molecule has 0 unspecified atom stereocenters. The smallest absolute Gasteiger partial charge is 0.410 e. The largest absolute Gasteiger partial charge is 0.480 e. The van der Waals surface area contributed by atoms with Crippen LogP contribution >= 0.6 is 0 Å². The molecule has 2 N–H and O–H groups in total. The first-order chi connectivity index (χ1) is 13.0. The topological polar surface area (TPSA) is 107 Å². The summed E-state index contributed by atoms with van der Waals surface area (Å²) in [5.74, 6) is -4.33. The minimum atomic E-state index is -1.56. The molecule has 1 atom stereocenters. The molecule has 8 nitrogen and oxygen atoms in total. The van der Waals surface area contributed by atoms with E-state index in [0.29, 0.717) is 26.2 Å². The summed E-state index contributed by atoms with van der Waals surface area (Å²) in [6, 6.07) is 6.59. The molecular formula is C20H28N2O6. The molecule has 28 heavy (non-hydrogen) atoms. The van der Waals surface area contributed by atoms with E-state index in [0.717, 1.165) is 5.56 Å². The molecule has 0 spiro atoms. The molecule has 1 fully saturated rings. The van der Waals surface area contributed by atoms with E-state index in [2.05, 4.69) is 4.90 Å². The molecule has 0 bridgehead atoms. The van der Waals surface area contributed by atoms with Crippen molar-refractivity contribution in [2.75, 3.05) is 19.6 Å². The number of benzene rings is 1. The van der Waals surface area contributed by atoms with Crippen molar-refractivity contribution < 1.29 is 29.3 Å². The Morgan fingerprint density at radius 3 is 2.14 bits per heavy atom. The number of amides is 1. The number of carbonyl (C=O) groups excluding carboxylic acids is 1. The minimum absolute atomic E-state index is 0.00581. The Labute approximate surface area is 164 Å². The summed E-state index contributed by atoms with van der Waals surface area (Å²) in [4.78, 5) is 38.5. The molecule has 1 amide bonds. The average molecular weight is 392 g/mol. The van der Waals surface area contributed by atoms with Gasteiger partial charge >= 0.3 is 18.0 Å². The second-order valence-corrected chi connectivity index (χ2v) is 8.11. The van der Waals surface area contributed by atoms with Crippen LogP contribution in [0.1, 0.15) is 44.7 Å². The summed E-state index contributed by atoms with van der Waals surface area (Å²) >= 11 is 0. The van der Waals surface area contributed by atoms with Gasteiger partial charge in [0.2, 0.25) is 0 Å². The van der Waals surface area contributed by atoms with Gasteiger partial charge in [0, 0.05) is 32.2 Å². The lowest BCUT2D eigenvalue weighted by Gasteiger charge is -2.40. The second-order valence-electron chi connectivity index (χ2n) is 8.11. The van der Waals surface area contributed by atoms with Gasteiger partial charge in [0.05, 0.1) is 0 Å². The van der Waals surface area contributed by atoms with Crippen molar-refractivity contribution in [3.63, 3.8) is 0 Å². The summed E-state index contributed by atoms with van der Waals surface area (Å²) < 4.78 is 5.45. The van der Waals surface area contributed by atoms with Gasteiger partial charge in [-0.25, -0.2) is 4.79 Å². The first kappa shape index (κ1) is 21.7. The van der Waals surface area contributed by atoms with E-state index in [1.54, 1.807) is 29.2 Å². The average Bonchev–Trinajstić information content (AvgIpc) is 2.54. The number of piperazine rings is 1. The first-order valence-corrected chi connectivity index (χ1v) is 9.24. The van der Waals surface area contributed by atoms with Crippen molar-refractivity contribution in [1.29, 1.82) is 0 Å². The van der Waals surface area contributed by atoms with Crippen LogP contribution in [0.25, 0.3) is 0 Å². The standard InChI is InChI=1S/C20H28N2O6/c1-13-11-21(9-10-22(13)19(27)28-20(2,3)4)12-14-5-7-15(8-6-14)16(17(23)24)18(25)26/h5-8,13,16H,9-12H2,1-4H3,(H,23,24)(H,25,26)/t13-/m0/s1. The SMILES string of the molecule is C[C@H]1CN(Cc2ccc(C(C(=O)O)C(=O)O)cc2)CCN1C(=O)OC(C)(C)C. The van der Waals surface area contributed by atoms with Gasteiger partial charge in [0.25, 0.3) is 0 Å². The quantitative estimate of drug-likeness (QED) is 0.741. The van der Waals surface area contributed by atoms with Crippen LogP contribution in [0.4, 0.5) is 4.79 Å². The molecule has 2 rings (SSSR count). The molecule has 0 aliphatic carbocycles. The molecule has 1 aliphatic rings. The molecule has 1 aliphatic heterocycles. The van der Waals surface area contributed by atoms with E-state index in [4.69, 9.17) is 14.9 Å². The second kappa shape index (κ2) is 8.60. The zero-order chi connectivity index (χ0) is 21.1. The van der Waals surface area contributed by atoms with Crippen LogP contribution < -0.4 is 0 Å². The summed E-state index contributed by atoms with van der Waals surface area (Å²) in [6.45, 7) is 10.1. The molecule has 8 heteroatoms. The number of carbonyl (C=O) groups is 3. The highest BCUT2D eigenvalue weighted by atomic mass is 16.6. The summed E-state index contributed by atoms with van der Waals surface area (Å²) in [5, 5.41) is 18.1. The fourth-order valence-electron chi connectivity index (χ4n) is 3.23. The third-order valence-electron chi connectivity index (χ3n) is 4.55. The highest BCUT2D eigenvalue weighted by molar-refractivity contribution is 5.98. The van der Waals surface area contributed by atoms with Crippen LogP contribution in [0, 0.1) is 0 Å². The summed E-state index contributed by atoms with van der Waals surface area (Å²) in [7, 11) is 0. The van der Waals surface area contributed by atoms with Gasteiger partial charge < -0.3 is 19.8 Å². The zero-order valence-electron chi connectivity index (χ0n) is 16.7. The third-order valence-corrected chi connectivity index (χ3v) is 4.55. The third kappa shape index (κ3) is 5.69. The Morgan fingerprint density at radius 1 is 1.11 bits per heavy atom. The maximum atomic E-state index is 12.3. The van der Waals surface area contributed by atoms with E-state index in [9.17, 15) is 14.4 Å². The van der Waals surface area contributed by atoms with Crippen LogP contribution in [-0.2, 0) is 20.9 Å². The lowest BCUT2D eigenvalue weighted by molar-refractivity contribution is -0.150. The maximum absolute atomic E-state index is 12.3. The molecular weight excluding hydrogens is 364 g/mol. The Morgan fingerprint density at radius 2 is 1.68 bits per heavy atom. The van der Waals surface area contributed by atoms with Crippen molar-refractivity contribution >= 4 is 18.0 Å². The van der Waals surface area contributed by atoms with E-state index in [1.165, 1.54) is 0 Å². The fraction of sp³-hybridized carbons (Fsp3) is 0.550. The normalized spacial score (nSPS) is 18.2. The predicted octanol–water partition coefficient (Wildman–Crippen LogP) is 2.38. The number of carboxylic acid groups (broad SMARTS) is 2. The molecule has 1 aromatic rings. The fourth-order valence-corrected chi connectivity index (χ4v) is 3.23. The number of ether oxygens (including phenoxy) is 1. The van der Waals surface area contributed by atoms with Crippen molar-refractivity contribution in [1.82, 2.24) is 9.80 Å². The van der Waals surface area contributed by atoms with Crippen molar-refractivity contribution in [3.8, 4) is 0 Å². The monoisotopic (exact) mass is 392 g/mol. The number of hydrogen-bond acceptors (Lipinski definition) is 5. The number of rotatable bonds is 5. The highest BCUT2D eigenvalue weighted by Crippen LogP contribution is 2.20. The summed E-state index contributed by atoms with van der Waals surface area (Å²) in [6.07, 6.45) is -0.308. The molecule has 0 aromatic heterocycles. The van der Waals surface area contributed by atoms with Crippen molar-refractivity contribution in [2.45, 2.75) is 51.8 Å². The van der Waals surface area contributed by atoms with E-state index >= 15 is 0 Å². The molecule has 1 saturated heterocycles. The molecule has 1 aromatic carbocycles. The highest BCUT2D eigenvalue weighted by Gasteiger charge is 2.31. The van der Waals surface area contributed by atoms with Gasteiger partial charge in [-0.05, 0) is 38.8 Å². The molecule has 1 heterocycles. The number of aliphatic carboxylic acids is 2. The zero-order valence-corrected chi connectivity index (χ0v) is 16.7. The molecule has 0 radical (unpaired) electrons. The Bertz CT molecular complexity index is 711. The lowest BCUT2D eigenvalue weighted by atomic mass is 9.98. The number of hydrogen-bond donors (Lipinski definition) is 2. The number of carboxylic acids is 2. The predicted molar refractivity (Wildman–Crippen MR) is 102 cm³/mol. The maximum Gasteiger partial charge on any atom is 0.410 e. The lowest BCUT2D eigenvalue weighted by Crippen LogP contribution is -2.54. The van der Waals surface area contributed by atoms with Crippen LogP contribution in [-0.4, -0.2) is 69.3 Å². The van der Waals surface area contributed by atoms with Gasteiger partial charge in [0.15, 0.2) is 5.92 Å². The Balaban J connectivity index is 1.96. The summed E-state index contributed by atoms with van der Waals surface area (Å²) in [5.41, 5.74) is 0.669. The Kier molecular flexibility index (Phi) is 6.66. The number of nitrogens with zero attached hydrogens (tertiary/aromatic N) is 2. The van der Waals surface area contributed by atoms with Gasteiger partial charge in [-0.2, -0.15) is 0 Å². The van der Waals surface area contributed by atoms with E-state index in [-0.39, 0.29) is 17.7 Å². The molecule has 0 saturated carbocycles. The van der Waals surface area contributed by atoms with Crippen LogP contribution in [0.15, 0.2) is 24.3 Å². The molecule has 154 valence electrons. The van der Waals surface area contributed by atoms with Crippen LogP contribution in [0.3, 0.4) is 0 Å². The van der Waals surface area contributed by atoms with Crippen molar-refractivity contribution in [2.24, 2.45) is 0 Å². The van der Waals surface area contributed by atoms with Crippen LogP contribution in [0.2, 0.25) is 0 Å². The minimum Gasteiger partial charge on any atom is -0.480 e. The Hall–Kier alpha value is -2.61.